The molecule has 0 unspecified atom stereocenters. The van der Waals surface area contributed by atoms with Gasteiger partial charge in [-0.05, 0) is 31.4 Å². The Bertz CT molecular complexity index is 500. The van der Waals surface area contributed by atoms with E-state index in [1.54, 1.807) is 0 Å². The first kappa shape index (κ1) is 9.66. The SMILES string of the molecule is Nc1cccc2c1cnn2[C@H]1CCCCO1. The molecule has 0 bridgehead atoms. The van der Waals surface area contributed by atoms with E-state index < -0.39 is 0 Å². The van der Waals surface area contributed by atoms with Crippen LogP contribution in [-0.4, -0.2) is 16.4 Å². The van der Waals surface area contributed by atoms with E-state index in [-0.39, 0.29) is 6.23 Å². The first-order valence-electron chi connectivity index (χ1n) is 5.69. The van der Waals surface area contributed by atoms with Crippen molar-refractivity contribution in [1.82, 2.24) is 9.78 Å². The second-order valence-corrected chi connectivity index (χ2v) is 4.19. The number of benzene rings is 1. The van der Waals surface area contributed by atoms with E-state index >= 15 is 0 Å². The van der Waals surface area contributed by atoms with Gasteiger partial charge in [-0.25, -0.2) is 4.68 Å². The molecule has 1 saturated heterocycles. The van der Waals surface area contributed by atoms with Crippen molar-refractivity contribution in [3.63, 3.8) is 0 Å². The van der Waals surface area contributed by atoms with Gasteiger partial charge < -0.3 is 10.5 Å². The molecule has 3 rings (SSSR count). The lowest BCUT2D eigenvalue weighted by molar-refractivity contribution is -0.0366. The van der Waals surface area contributed by atoms with Crippen molar-refractivity contribution < 1.29 is 4.74 Å². The number of anilines is 1. The smallest absolute Gasteiger partial charge is 0.150 e. The predicted octanol–water partition coefficient (Wildman–Crippen LogP) is 2.32. The molecule has 1 atom stereocenters. The van der Waals surface area contributed by atoms with E-state index in [0.29, 0.717) is 0 Å². The molecule has 0 radical (unpaired) electrons. The van der Waals surface area contributed by atoms with Gasteiger partial charge in [0, 0.05) is 17.7 Å². The van der Waals surface area contributed by atoms with Crippen LogP contribution in [0.3, 0.4) is 0 Å². The van der Waals surface area contributed by atoms with Crippen LogP contribution in [0.25, 0.3) is 10.9 Å². The van der Waals surface area contributed by atoms with E-state index in [4.69, 9.17) is 10.5 Å². The van der Waals surface area contributed by atoms with Gasteiger partial charge in [-0.15, -0.1) is 0 Å². The van der Waals surface area contributed by atoms with Crippen molar-refractivity contribution in [2.75, 3.05) is 12.3 Å². The first-order valence-corrected chi connectivity index (χ1v) is 5.69. The molecule has 1 aliphatic rings. The summed E-state index contributed by atoms with van der Waals surface area (Å²) >= 11 is 0. The second kappa shape index (κ2) is 3.79. The van der Waals surface area contributed by atoms with Crippen LogP contribution in [0, 0.1) is 0 Å². The fraction of sp³-hybridized carbons (Fsp3) is 0.417. The molecule has 4 nitrogen and oxygen atoms in total. The summed E-state index contributed by atoms with van der Waals surface area (Å²) in [5.41, 5.74) is 7.74. The molecule has 84 valence electrons. The van der Waals surface area contributed by atoms with Crippen molar-refractivity contribution in [3.05, 3.63) is 24.4 Å². The summed E-state index contributed by atoms with van der Waals surface area (Å²) in [7, 11) is 0. The average molecular weight is 217 g/mol. The quantitative estimate of drug-likeness (QED) is 0.746. The molecule has 1 aromatic carbocycles. The number of aromatic nitrogens is 2. The molecule has 16 heavy (non-hydrogen) atoms. The molecule has 1 aliphatic heterocycles. The zero-order chi connectivity index (χ0) is 11.0. The Morgan fingerprint density at radius 1 is 1.38 bits per heavy atom. The molecule has 0 spiro atoms. The molecular weight excluding hydrogens is 202 g/mol. The van der Waals surface area contributed by atoms with Crippen LogP contribution >= 0.6 is 0 Å². The lowest BCUT2D eigenvalue weighted by Gasteiger charge is -2.23. The van der Waals surface area contributed by atoms with Crippen LogP contribution in [0.1, 0.15) is 25.5 Å². The minimum atomic E-state index is 0.0769. The third kappa shape index (κ3) is 1.46. The van der Waals surface area contributed by atoms with Crippen molar-refractivity contribution in [2.24, 2.45) is 0 Å². The van der Waals surface area contributed by atoms with Crippen molar-refractivity contribution in [2.45, 2.75) is 25.5 Å². The molecule has 4 heteroatoms. The monoisotopic (exact) mass is 217 g/mol. The highest BCUT2D eigenvalue weighted by Crippen LogP contribution is 2.28. The highest BCUT2D eigenvalue weighted by Gasteiger charge is 2.18. The summed E-state index contributed by atoms with van der Waals surface area (Å²) in [5.74, 6) is 0. The second-order valence-electron chi connectivity index (χ2n) is 4.19. The Morgan fingerprint density at radius 2 is 2.31 bits per heavy atom. The lowest BCUT2D eigenvalue weighted by atomic mass is 10.2. The maximum Gasteiger partial charge on any atom is 0.150 e. The fourth-order valence-corrected chi connectivity index (χ4v) is 2.24. The van der Waals surface area contributed by atoms with E-state index in [9.17, 15) is 0 Å². The fourth-order valence-electron chi connectivity index (χ4n) is 2.24. The van der Waals surface area contributed by atoms with Crippen LogP contribution in [0.5, 0.6) is 0 Å². The summed E-state index contributed by atoms with van der Waals surface area (Å²) < 4.78 is 7.68. The Hall–Kier alpha value is -1.55. The number of nitrogen functional groups attached to an aromatic ring is 1. The van der Waals surface area contributed by atoms with Gasteiger partial charge in [0.2, 0.25) is 0 Å². The molecule has 0 amide bonds. The molecule has 2 aromatic rings. The van der Waals surface area contributed by atoms with Gasteiger partial charge in [0.05, 0.1) is 11.7 Å². The van der Waals surface area contributed by atoms with Crippen LogP contribution < -0.4 is 5.73 Å². The van der Waals surface area contributed by atoms with Gasteiger partial charge in [0.1, 0.15) is 0 Å². The highest BCUT2D eigenvalue weighted by atomic mass is 16.5. The molecule has 0 saturated carbocycles. The van der Waals surface area contributed by atoms with E-state index in [0.717, 1.165) is 36.0 Å². The van der Waals surface area contributed by atoms with Crippen LogP contribution in [0.4, 0.5) is 5.69 Å². The third-order valence-electron chi connectivity index (χ3n) is 3.10. The number of nitrogens with two attached hydrogens (primary N) is 1. The minimum Gasteiger partial charge on any atom is -0.398 e. The zero-order valence-corrected chi connectivity index (χ0v) is 9.10. The maximum atomic E-state index is 5.90. The van der Waals surface area contributed by atoms with Gasteiger partial charge in [-0.2, -0.15) is 5.10 Å². The van der Waals surface area contributed by atoms with Crippen molar-refractivity contribution in [3.8, 4) is 0 Å². The Morgan fingerprint density at radius 3 is 3.12 bits per heavy atom. The van der Waals surface area contributed by atoms with Gasteiger partial charge in [-0.3, -0.25) is 0 Å². The van der Waals surface area contributed by atoms with Crippen molar-refractivity contribution >= 4 is 16.6 Å². The van der Waals surface area contributed by atoms with Crippen molar-refractivity contribution in [1.29, 1.82) is 0 Å². The number of hydrogen-bond acceptors (Lipinski definition) is 3. The van der Waals surface area contributed by atoms with E-state index in [2.05, 4.69) is 5.10 Å². The number of ether oxygens (including phenoxy) is 1. The minimum absolute atomic E-state index is 0.0769. The maximum absolute atomic E-state index is 5.90. The average Bonchev–Trinajstić information content (AvgIpc) is 2.75. The molecule has 0 aliphatic carbocycles. The van der Waals surface area contributed by atoms with Gasteiger partial charge in [0.15, 0.2) is 6.23 Å². The van der Waals surface area contributed by atoms with Gasteiger partial charge in [0.25, 0.3) is 0 Å². The Balaban J connectivity index is 2.06. The van der Waals surface area contributed by atoms with Crippen LogP contribution in [-0.2, 0) is 4.74 Å². The van der Waals surface area contributed by atoms with E-state index in [1.165, 1.54) is 6.42 Å². The summed E-state index contributed by atoms with van der Waals surface area (Å²) in [6.07, 6.45) is 5.29. The summed E-state index contributed by atoms with van der Waals surface area (Å²) in [6.45, 7) is 0.828. The van der Waals surface area contributed by atoms with Gasteiger partial charge in [-0.1, -0.05) is 6.07 Å². The largest absolute Gasteiger partial charge is 0.398 e. The number of rotatable bonds is 1. The summed E-state index contributed by atoms with van der Waals surface area (Å²) in [5, 5.41) is 5.40. The zero-order valence-electron chi connectivity index (χ0n) is 9.10. The first-order chi connectivity index (χ1) is 7.86. The molecular formula is C12H15N3O. The van der Waals surface area contributed by atoms with Gasteiger partial charge >= 0.3 is 0 Å². The molecule has 2 heterocycles. The van der Waals surface area contributed by atoms with Crippen LogP contribution in [0.15, 0.2) is 24.4 Å². The topological polar surface area (TPSA) is 53.1 Å². The molecule has 1 fully saturated rings. The number of hydrogen-bond donors (Lipinski definition) is 1. The highest BCUT2D eigenvalue weighted by molar-refractivity contribution is 5.90. The molecule has 2 N–H and O–H groups in total. The number of nitrogens with zero attached hydrogens (tertiary/aromatic N) is 2. The Kier molecular flexibility index (Phi) is 2.29. The van der Waals surface area contributed by atoms with Crippen LogP contribution in [0.2, 0.25) is 0 Å². The standard InChI is InChI=1S/C12H15N3O/c13-10-4-3-5-11-9(10)8-14-15(11)12-6-1-2-7-16-12/h3-5,8,12H,1-2,6-7,13H2/t12-/m1/s1. The Labute approximate surface area is 94.0 Å². The molecule has 1 aromatic heterocycles. The summed E-state index contributed by atoms with van der Waals surface area (Å²) in [6, 6.07) is 5.89. The van der Waals surface area contributed by atoms with E-state index in [1.807, 2.05) is 29.1 Å². The predicted molar refractivity (Wildman–Crippen MR) is 63.0 cm³/mol. The summed E-state index contributed by atoms with van der Waals surface area (Å²) in [4.78, 5) is 0. The number of fused-ring (bicyclic) bond motifs is 1. The lowest BCUT2D eigenvalue weighted by Crippen LogP contribution is -2.18. The third-order valence-corrected chi connectivity index (χ3v) is 3.10. The normalized spacial score (nSPS) is 21.4.